The lowest BCUT2D eigenvalue weighted by molar-refractivity contribution is 0.392. The van der Waals surface area contributed by atoms with Gasteiger partial charge in [-0.3, -0.25) is 4.40 Å². The molecule has 146 valence electrons. The van der Waals surface area contributed by atoms with Crippen molar-refractivity contribution in [2.45, 2.75) is 38.6 Å². The third-order valence-corrected chi connectivity index (χ3v) is 6.29. The molecule has 0 fully saturated rings. The Labute approximate surface area is 171 Å². The Hall–Kier alpha value is -3.13. The van der Waals surface area contributed by atoms with Gasteiger partial charge in [-0.25, -0.2) is 4.52 Å². The molecule has 0 aliphatic heterocycles. The lowest BCUT2D eigenvalue weighted by Gasteiger charge is -2.01. The van der Waals surface area contributed by atoms with Crippen LogP contribution >= 0.6 is 11.8 Å². The van der Waals surface area contributed by atoms with Crippen molar-refractivity contribution < 1.29 is 4.52 Å². The number of thioether (sulfide) groups is 1. The van der Waals surface area contributed by atoms with Crippen LogP contribution in [0.3, 0.4) is 0 Å². The maximum atomic E-state index is 5.25. The van der Waals surface area contributed by atoms with E-state index in [-0.39, 0.29) is 0 Å². The van der Waals surface area contributed by atoms with Gasteiger partial charge >= 0.3 is 0 Å². The molecule has 4 aromatic heterocycles. The molecule has 0 saturated heterocycles. The number of hydrogen-bond acceptors (Lipinski definition) is 6. The largest absolute Gasteiger partial charge is 0.361 e. The van der Waals surface area contributed by atoms with Crippen molar-refractivity contribution in [1.29, 1.82) is 0 Å². The van der Waals surface area contributed by atoms with Gasteiger partial charge in [0.1, 0.15) is 11.3 Å². The van der Waals surface area contributed by atoms with Gasteiger partial charge in [-0.15, -0.1) is 10.2 Å². The molecule has 29 heavy (non-hydrogen) atoms. The first-order valence-electron chi connectivity index (χ1n) is 9.36. The minimum absolute atomic E-state index is 0.736. The molecule has 0 saturated carbocycles. The van der Waals surface area contributed by atoms with E-state index in [1.807, 2.05) is 35.2 Å². The van der Waals surface area contributed by atoms with Crippen molar-refractivity contribution in [3.63, 3.8) is 0 Å². The summed E-state index contributed by atoms with van der Waals surface area (Å²) in [7, 11) is 0. The third-order valence-electron chi connectivity index (χ3n) is 5.32. The van der Waals surface area contributed by atoms with Gasteiger partial charge in [0.2, 0.25) is 0 Å². The molecule has 5 rings (SSSR count). The molecule has 0 aliphatic carbocycles. The average molecular weight is 404 g/mol. The first kappa shape index (κ1) is 17.9. The zero-order valence-corrected chi connectivity index (χ0v) is 17.5. The molecule has 0 radical (unpaired) electrons. The van der Waals surface area contributed by atoms with Crippen LogP contribution in [0.5, 0.6) is 0 Å². The highest BCUT2D eigenvalue weighted by Crippen LogP contribution is 2.28. The second kappa shape index (κ2) is 6.73. The van der Waals surface area contributed by atoms with Crippen molar-refractivity contribution in [2.75, 3.05) is 0 Å². The van der Waals surface area contributed by atoms with Crippen LogP contribution in [-0.4, -0.2) is 29.4 Å². The van der Waals surface area contributed by atoms with Crippen molar-refractivity contribution in [2.24, 2.45) is 0 Å². The summed E-state index contributed by atoms with van der Waals surface area (Å²) in [6, 6.07) is 8.47. The predicted molar refractivity (Wildman–Crippen MR) is 112 cm³/mol. The Balaban J connectivity index is 1.52. The Bertz CT molecular complexity index is 1340. The predicted octanol–water partition coefficient (Wildman–Crippen LogP) is 4.56. The molecule has 4 heterocycles. The third kappa shape index (κ3) is 3.00. The van der Waals surface area contributed by atoms with Crippen molar-refractivity contribution in [3.05, 3.63) is 64.8 Å². The van der Waals surface area contributed by atoms with E-state index in [0.717, 1.165) is 50.3 Å². The molecule has 0 atom stereocenters. The normalized spacial score (nSPS) is 11.7. The maximum absolute atomic E-state index is 5.25. The highest BCUT2D eigenvalue weighted by Gasteiger charge is 2.15. The van der Waals surface area contributed by atoms with Crippen molar-refractivity contribution in [3.8, 4) is 11.3 Å². The summed E-state index contributed by atoms with van der Waals surface area (Å²) in [6.45, 7) is 8.12. The van der Waals surface area contributed by atoms with Crippen LogP contribution in [0.25, 0.3) is 22.4 Å². The summed E-state index contributed by atoms with van der Waals surface area (Å²) >= 11 is 1.62. The second-order valence-electron chi connectivity index (χ2n) is 7.22. The van der Waals surface area contributed by atoms with Gasteiger partial charge in [-0.05, 0) is 51.0 Å². The summed E-state index contributed by atoms with van der Waals surface area (Å²) < 4.78 is 9.12. The molecule has 1 aromatic carbocycles. The van der Waals surface area contributed by atoms with E-state index in [0.29, 0.717) is 0 Å². The van der Waals surface area contributed by atoms with Gasteiger partial charge in [0.25, 0.3) is 0 Å². The molecule has 5 aromatic rings. The summed E-state index contributed by atoms with van der Waals surface area (Å²) in [4.78, 5) is 0. The maximum Gasteiger partial charge on any atom is 0.196 e. The summed E-state index contributed by atoms with van der Waals surface area (Å²) in [5, 5.41) is 18.4. The van der Waals surface area contributed by atoms with E-state index in [2.05, 4.69) is 53.5 Å². The molecule has 7 nitrogen and oxygen atoms in total. The number of aromatic nitrogens is 6. The SMILES string of the molecule is Cc1ccc(-c2cc3c4nnc(SCc5c(C)noc5C)n4ccn3n2)cc1C. The summed E-state index contributed by atoms with van der Waals surface area (Å²) in [6.07, 6.45) is 3.89. The van der Waals surface area contributed by atoms with E-state index in [9.17, 15) is 0 Å². The number of benzene rings is 1. The number of aryl methyl sites for hydroxylation is 4. The smallest absolute Gasteiger partial charge is 0.196 e. The molecule has 0 spiro atoms. The monoisotopic (exact) mass is 404 g/mol. The quantitative estimate of drug-likeness (QED) is 0.409. The number of nitrogens with zero attached hydrogens (tertiary/aromatic N) is 6. The van der Waals surface area contributed by atoms with Crippen LogP contribution in [-0.2, 0) is 5.75 Å². The zero-order chi connectivity index (χ0) is 20.1. The fourth-order valence-electron chi connectivity index (χ4n) is 3.38. The molecule has 0 bridgehead atoms. The van der Waals surface area contributed by atoms with Gasteiger partial charge in [0, 0.05) is 29.3 Å². The highest BCUT2D eigenvalue weighted by atomic mass is 32.2. The number of fused-ring (bicyclic) bond motifs is 3. The summed E-state index contributed by atoms with van der Waals surface area (Å²) in [5.41, 5.74) is 8.29. The first-order valence-corrected chi connectivity index (χ1v) is 10.3. The fraction of sp³-hybridized carbons (Fsp3) is 0.238. The van der Waals surface area contributed by atoms with E-state index in [1.54, 1.807) is 11.8 Å². The summed E-state index contributed by atoms with van der Waals surface area (Å²) in [5.74, 6) is 1.58. The van der Waals surface area contributed by atoms with Gasteiger partial charge in [-0.2, -0.15) is 5.10 Å². The van der Waals surface area contributed by atoms with Crippen LogP contribution in [0, 0.1) is 27.7 Å². The Morgan fingerprint density at radius 2 is 1.86 bits per heavy atom. The molecular weight excluding hydrogens is 384 g/mol. The second-order valence-corrected chi connectivity index (χ2v) is 8.17. The van der Waals surface area contributed by atoms with Crippen molar-refractivity contribution >= 4 is 22.9 Å². The molecule has 0 N–H and O–H groups in total. The van der Waals surface area contributed by atoms with Gasteiger partial charge < -0.3 is 4.52 Å². The van der Waals surface area contributed by atoms with Crippen LogP contribution in [0.2, 0.25) is 0 Å². The lowest BCUT2D eigenvalue weighted by atomic mass is 10.0. The lowest BCUT2D eigenvalue weighted by Crippen LogP contribution is -1.94. The Morgan fingerprint density at radius 3 is 2.62 bits per heavy atom. The number of hydrogen-bond donors (Lipinski definition) is 0. The van der Waals surface area contributed by atoms with Gasteiger partial charge in [0.05, 0.1) is 11.4 Å². The topological polar surface area (TPSA) is 73.5 Å². The molecule has 8 heteroatoms. The Kier molecular flexibility index (Phi) is 4.16. The van der Waals surface area contributed by atoms with E-state index >= 15 is 0 Å². The molecular formula is C21H20N6OS. The highest BCUT2D eigenvalue weighted by molar-refractivity contribution is 7.98. The molecule has 0 unspecified atom stereocenters. The minimum Gasteiger partial charge on any atom is -0.361 e. The number of rotatable bonds is 4. The van der Waals surface area contributed by atoms with Crippen LogP contribution in [0.15, 0.2) is 46.3 Å². The van der Waals surface area contributed by atoms with E-state index < -0.39 is 0 Å². The van der Waals surface area contributed by atoms with Crippen LogP contribution in [0.1, 0.15) is 28.1 Å². The minimum atomic E-state index is 0.736. The standard InChI is InChI=1S/C21H20N6OS/c1-12-5-6-16(9-13(12)2)18-10-19-20-22-23-21(26(20)7-8-27(19)24-18)29-11-17-14(3)25-28-15(17)4/h5-10H,11H2,1-4H3. The van der Waals surface area contributed by atoms with Gasteiger partial charge in [-0.1, -0.05) is 29.1 Å². The van der Waals surface area contributed by atoms with Crippen LogP contribution in [0.4, 0.5) is 0 Å². The van der Waals surface area contributed by atoms with Crippen molar-refractivity contribution in [1.82, 2.24) is 29.4 Å². The zero-order valence-electron chi connectivity index (χ0n) is 16.7. The average Bonchev–Trinajstić information content (AvgIpc) is 3.39. The van der Waals surface area contributed by atoms with E-state index in [4.69, 9.17) is 9.62 Å². The Morgan fingerprint density at radius 1 is 1.00 bits per heavy atom. The van der Waals surface area contributed by atoms with Crippen LogP contribution < -0.4 is 0 Å². The molecule has 0 aliphatic rings. The van der Waals surface area contributed by atoms with E-state index in [1.165, 1.54) is 11.1 Å². The molecule has 0 amide bonds. The first-order chi connectivity index (χ1) is 14.0. The fourth-order valence-corrected chi connectivity index (χ4v) is 4.45. The van der Waals surface area contributed by atoms with Gasteiger partial charge in [0.15, 0.2) is 10.8 Å².